The van der Waals surface area contributed by atoms with E-state index in [9.17, 15) is 4.79 Å². The van der Waals surface area contributed by atoms with E-state index in [2.05, 4.69) is 10.3 Å². The van der Waals surface area contributed by atoms with Crippen molar-refractivity contribution in [1.29, 1.82) is 0 Å². The van der Waals surface area contributed by atoms with Gasteiger partial charge in [0, 0.05) is 18.4 Å². The molecule has 6 nitrogen and oxygen atoms in total. The Balaban J connectivity index is 3.11. The molecule has 1 heterocycles. The van der Waals surface area contributed by atoms with Gasteiger partial charge in [-0.05, 0) is 0 Å². The third-order valence-electron chi connectivity index (χ3n) is 2.39. The molecule has 0 saturated heterocycles. The van der Waals surface area contributed by atoms with E-state index in [1.807, 2.05) is 20.8 Å². The van der Waals surface area contributed by atoms with E-state index < -0.39 is 5.41 Å². The lowest BCUT2D eigenvalue weighted by molar-refractivity contribution is 0.0851. The van der Waals surface area contributed by atoms with Gasteiger partial charge in [0.1, 0.15) is 0 Å². The van der Waals surface area contributed by atoms with E-state index in [1.165, 1.54) is 4.68 Å². The van der Waals surface area contributed by atoms with Gasteiger partial charge >= 0.3 is 0 Å². The summed E-state index contributed by atoms with van der Waals surface area (Å²) < 4.78 is 1.47. The van der Waals surface area contributed by atoms with Crippen molar-refractivity contribution in [3.63, 3.8) is 0 Å². The lowest BCUT2D eigenvalue weighted by Crippen LogP contribution is -2.23. The highest BCUT2D eigenvalue weighted by atomic mass is 16.3. The number of Topliss-reactive ketones (excluding diaryl/α,β-unsaturated/α-hetero) is 1. The molecular weight excluding hydrogens is 222 g/mol. The first kappa shape index (κ1) is 13.8. The largest absolute Gasteiger partial charge is 0.396 e. The minimum absolute atomic E-state index is 0.0784. The molecule has 0 amide bonds. The standard InChI is InChI=1S/C11H19N3O3/c1-11(2,3)10(17)9-8(4-6-15)14(5-7-16)13-12-9/h15-16H,4-7H2,1-3H3. The molecule has 17 heavy (non-hydrogen) atoms. The molecule has 0 aliphatic heterocycles. The first-order valence-corrected chi connectivity index (χ1v) is 5.60. The quantitative estimate of drug-likeness (QED) is 0.710. The molecule has 0 aliphatic carbocycles. The number of hydrogen-bond donors (Lipinski definition) is 2. The summed E-state index contributed by atoms with van der Waals surface area (Å²) in [4.78, 5) is 12.1. The van der Waals surface area contributed by atoms with Gasteiger partial charge in [-0.2, -0.15) is 0 Å². The molecule has 0 radical (unpaired) electrons. The molecule has 0 atom stereocenters. The summed E-state index contributed by atoms with van der Waals surface area (Å²) in [5.41, 5.74) is 0.339. The Labute approximate surface area is 100 Å². The molecule has 0 saturated carbocycles. The number of ketones is 1. The van der Waals surface area contributed by atoms with Crippen molar-refractivity contribution in [2.24, 2.45) is 5.41 Å². The number of nitrogens with zero attached hydrogens (tertiary/aromatic N) is 3. The number of rotatable bonds is 5. The molecule has 1 rings (SSSR count). The number of carbonyl (C=O) groups excluding carboxylic acids is 1. The van der Waals surface area contributed by atoms with Crippen molar-refractivity contribution in [2.45, 2.75) is 33.7 Å². The van der Waals surface area contributed by atoms with Gasteiger partial charge in [-0.15, -0.1) is 5.10 Å². The van der Waals surface area contributed by atoms with Crippen LogP contribution in [-0.2, 0) is 13.0 Å². The Bertz CT molecular complexity index is 393. The molecule has 0 bridgehead atoms. The Morgan fingerprint density at radius 3 is 2.41 bits per heavy atom. The number of aromatic nitrogens is 3. The molecule has 0 fully saturated rings. The van der Waals surface area contributed by atoms with Gasteiger partial charge in [0.05, 0.1) is 18.8 Å². The van der Waals surface area contributed by atoms with E-state index in [1.54, 1.807) is 0 Å². The molecule has 6 heteroatoms. The third-order valence-corrected chi connectivity index (χ3v) is 2.39. The summed E-state index contributed by atoms with van der Waals surface area (Å²) >= 11 is 0. The summed E-state index contributed by atoms with van der Waals surface area (Å²) in [6.45, 7) is 5.54. The molecule has 0 unspecified atom stereocenters. The van der Waals surface area contributed by atoms with E-state index in [0.717, 1.165) is 0 Å². The smallest absolute Gasteiger partial charge is 0.190 e. The van der Waals surface area contributed by atoms with E-state index >= 15 is 0 Å². The van der Waals surface area contributed by atoms with Crippen molar-refractivity contribution >= 4 is 5.78 Å². The zero-order valence-corrected chi connectivity index (χ0v) is 10.5. The van der Waals surface area contributed by atoms with Crippen LogP contribution in [0.2, 0.25) is 0 Å². The van der Waals surface area contributed by atoms with Crippen LogP contribution in [-0.4, -0.2) is 44.2 Å². The van der Waals surface area contributed by atoms with E-state index in [-0.39, 0.29) is 25.5 Å². The second-order valence-corrected chi connectivity index (χ2v) is 4.88. The predicted molar refractivity (Wildman–Crippen MR) is 61.7 cm³/mol. The summed E-state index contributed by atoms with van der Waals surface area (Å²) in [6.07, 6.45) is 0.310. The topological polar surface area (TPSA) is 88.2 Å². The zero-order chi connectivity index (χ0) is 13.1. The fourth-order valence-corrected chi connectivity index (χ4v) is 1.49. The minimum atomic E-state index is -0.537. The van der Waals surface area contributed by atoms with Crippen molar-refractivity contribution in [3.8, 4) is 0 Å². The average molecular weight is 241 g/mol. The molecule has 1 aromatic heterocycles. The summed E-state index contributed by atoms with van der Waals surface area (Å²) in [5, 5.41) is 25.6. The fourth-order valence-electron chi connectivity index (χ4n) is 1.49. The van der Waals surface area contributed by atoms with Gasteiger partial charge < -0.3 is 10.2 Å². The van der Waals surface area contributed by atoms with Crippen molar-refractivity contribution < 1.29 is 15.0 Å². The maximum atomic E-state index is 12.1. The first-order chi connectivity index (χ1) is 7.91. The van der Waals surface area contributed by atoms with Crippen LogP contribution in [0.1, 0.15) is 37.0 Å². The van der Waals surface area contributed by atoms with Crippen LogP contribution >= 0.6 is 0 Å². The summed E-state index contributed by atoms with van der Waals surface area (Å²) in [7, 11) is 0. The van der Waals surface area contributed by atoms with Crippen LogP contribution in [0.25, 0.3) is 0 Å². The fraction of sp³-hybridized carbons (Fsp3) is 0.727. The van der Waals surface area contributed by atoms with Crippen LogP contribution in [0.3, 0.4) is 0 Å². The van der Waals surface area contributed by atoms with Crippen molar-refractivity contribution in [2.75, 3.05) is 13.2 Å². The maximum absolute atomic E-state index is 12.1. The Morgan fingerprint density at radius 2 is 1.94 bits per heavy atom. The highest BCUT2D eigenvalue weighted by Crippen LogP contribution is 2.21. The Hall–Kier alpha value is -1.27. The SMILES string of the molecule is CC(C)(C)C(=O)c1nnn(CCO)c1CCO. The van der Waals surface area contributed by atoms with Crippen LogP contribution in [0.4, 0.5) is 0 Å². The number of hydrogen-bond acceptors (Lipinski definition) is 5. The van der Waals surface area contributed by atoms with E-state index in [0.29, 0.717) is 17.8 Å². The van der Waals surface area contributed by atoms with Crippen LogP contribution in [0, 0.1) is 5.41 Å². The second-order valence-electron chi connectivity index (χ2n) is 4.88. The molecule has 96 valence electrons. The number of aliphatic hydroxyl groups excluding tert-OH is 2. The molecule has 2 N–H and O–H groups in total. The molecular formula is C11H19N3O3. The second kappa shape index (κ2) is 5.37. The predicted octanol–water partition coefficient (Wildman–Crippen LogP) is 0.0340. The van der Waals surface area contributed by atoms with Crippen LogP contribution < -0.4 is 0 Å². The lowest BCUT2D eigenvalue weighted by Gasteiger charge is -2.15. The minimum Gasteiger partial charge on any atom is -0.396 e. The highest BCUT2D eigenvalue weighted by Gasteiger charge is 2.29. The number of aliphatic hydroxyl groups is 2. The van der Waals surface area contributed by atoms with Crippen molar-refractivity contribution in [3.05, 3.63) is 11.4 Å². The highest BCUT2D eigenvalue weighted by molar-refractivity contribution is 5.98. The zero-order valence-electron chi connectivity index (χ0n) is 10.5. The van der Waals surface area contributed by atoms with Crippen LogP contribution in [0.5, 0.6) is 0 Å². The summed E-state index contributed by atoms with van der Waals surface area (Å²) in [5.74, 6) is -0.106. The molecule has 0 spiro atoms. The first-order valence-electron chi connectivity index (χ1n) is 5.60. The Morgan fingerprint density at radius 1 is 1.29 bits per heavy atom. The van der Waals surface area contributed by atoms with Crippen molar-refractivity contribution in [1.82, 2.24) is 15.0 Å². The molecule has 0 aromatic carbocycles. The lowest BCUT2D eigenvalue weighted by atomic mass is 9.88. The Kier molecular flexibility index (Phi) is 4.36. The van der Waals surface area contributed by atoms with Crippen LogP contribution in [0.15, 0.2) is 0 Å². The normalized spacial score (nSPS) is 11.8. The van der Waals surface area contributed by atoms with Gasteiger partial charge in [0.15, 0.2) is 11.5 Å². The monoisotopic (exact) mass is 241 g/mol. The maximum Gasteiger partial charge on any atom is 0.190 e. The average Bonchev–Trinajstić information content (AvgIpc) is 2.61. The van der Waals surface area contributed by atoms with Gasteiger partial charge in [-0.1, -0.05) is 26.0 Å². The molecule has 0 aliphatic rings. The van der Waals surface area contributed by atoms with Gasteiger partial charge in [-0.3, -0.25) is 4.79 Å². The third kappa shape index (κ3) is 3.10. The molecule has 1 aromatic rings. The van der Waals surface area contributed by atoms with E-state index in [4.69, 9.17) is 10.2 Å². The van der Waals surface area contributed by atoms with Gasteiger partial charge in [0.2, 0.25) is 0 Å². The summed E-state index contributed by atoms with van der Waals surface area (Å²) in [6, 6.07) is 0. The van der Waals surface area contributed by atoms with Gasteiger partial charge in [-0.25, -0.2) is 4.68 Å². The number of carbonyl (C=O) groups is 1. The van der Waals surface area contributed by atoms with Gasteiger partial charge in [0.25, 0.3) is 0 Å².